The van der Waals surface area contributed by atoms with Crippen LogP contribution in [-0.2, 0) is 5.41 Å². The van der Waals surface area contributed by atoms with Crippen molar-refractivity contribution in [3.63, 3.8) is 0 Å². The molecule has 0 spiro atoms. The smallest absolute Gasteiger partial charge is 0.115 e. The molecule has 0 radical (unpaired) electrons. The SMILES string of the molecule is C=CCN1CC[C@](CC)(c2cccc(O)c2)C1. The Labute approximate surface area is 104 Å². The fourth-order valence-electron chi connectivity index (χ4n) is 2.86. The van der Waals surface area contributed by atoms with E-state index >= 15 is 0 Å². The van der Waals surface area contributed by atoms with Gasteiger partial charge >= 0.3 is 0 Å². The van der Waals surface area contributed by atoms with Crippen molar-refractivity contribution in [2.24, 2.45) is 0 Å². The molecule has 0 unspecified atom stereocenters. The van der Waals surface area contributed by atoms with E-state index in [2.05, 4.69) is 24.5 Å². The van der Waals surface area contributed by atoms with Gasteiger partial charge in [0.15, 0.2) is 0 Å². The Kier molecular flexibility index (Phi) is 3.53. The third kappa shape index (κ3) is 2.37. The highest BCUT2D eigenvalue weighted by Crippen LogP contribution is 2.38. The lowest BCUT2D eigenvalue weighted by Crippen LogP contribution is -2.30. The van der Waals surface area contributed by atoms with Gasteiger partial charge in [0, 0.05) is 18.5 Å². The van der Waals surface area contributed by atoms with Gasteiger partial charge < -0.3 is 5.11 Å². The van der Waals surface area contributed by atoms with Gasteiger partial charge in [-0.25, -0.2) is 0 Å². The Morgan fingerprint density at radius 1 is 1.53 bits per heavy atom. The molecule has 1 aromatic rings. The number of hydrogen-bond donors (Lipinski definition) is 1. The number of hydrogen-bond acceptors (Lipinski definition) is 2. The highest BCUT2D eigenvalue weighted by atomic mass is 16.3. The number of aromatic hydroxyl groups is 1. The molecule has 2 nitrogen and oxygen atoms in total. The Bertz CT molecular complexity index is 402. The number of rotatable bonds is 4. The number of phenolic OH excluding ortho intramolecular Hbond substituents is 1. The summed E-state index contributed by atoms with van der Waals surface area (Å²) in [7, 11) is 0. The first kappa shape index (κ1) is 12.2. The second-order valence-electron chi connectivity index (χ2n) is 4.96. The molecule has 1 aliphatic rings. The summed E-state index contributed by atoms with van der Waals surface area (Å²) in [5, 5.41) is 9.62. The van der Waals surface area contributed by atoms with E-state index in [1.54, 1.807) is 6.07 Å². The zero-order valence-electron chi connectivity index (χ0n) is 10.5. The Balaban J connectivity index is 2.24. The van der Waals surface area contributed by atoms with Crippen LogP contribution in [-0.4, -0.2) is 29.6 Å². The van der Waals surface area contributed by atoms with Crippen LogP contribution in [0.25, 0.3) is 0 Å². The van der Waals surface area contributed by atoms with Gasteiger partial charge in [0.05, 0.1) is 0 Å². The van der Waals surface area contributed by atoms with Crippen molar-refractivity contribution in [3.8, 4) is 5.75 Å². The molecular formula is C15H21NO. The van der Waals surface area contributed by atoms with Crippen molar-refractivity contribution < 1.29 is 5.11 Å². The standard InChI is InChI=1S/C15H21NO/c1-3-9-16-10-8-15(4-2,12-16)13-6-5-7-14(17)11-13/h3,5-7,11,17H,1,4,8-10,12H2,2H3/t15-/m0/s1. The van der Waals surface area contributed by atoms with Crippen LogP contribution in [0, 0.1) is 0 Å². The molecule has 2 rings (SSSR count). The lowest BCUT2D eigenvalue weighted by atomic mass is 9.77. The highest BCUT2D eigenvalue weighted by Gasteiger charge is 2.37. The van der Waals surface area contributed by atoms with Crippen LogP contribution in [0.2, 0.25) is 0 Å². The van der Waals surface area contributed by atoms with Gasteiger partial charge in [-0.3, -0.25) is 4.90 Å². The van der Waals surface area contributed by atoms with E-state index in [1.807, 2.05) is 18.2 Å². The van der Waals surface area contributed by atoms with E-state index < -0.39 is 0 Å². The van der Waals surface area contributed by atoms with Crippen LogP contribution in [0.5, 0.6) is 5.75 Å². The molecule has 1 atom stereocenters. The van der Waals surface area contributed by atoms with E-state index in [0.29, 0.717) is 5.75 Å². The van der Waals surface area contributed by atoms with Crippen molar-refractivity contribution >= 4 is 0 Å². The van der Waals surface area contributed by atoms with E-state index in [0.717, 1.165) is 26.1 Å². The van der Waals surface area contributed by atoms with Gasteiger partial charge in [0.1, 0.15) is 5.75 Å². The molecule has 1 aromatic carbocycles. The molecule has 1 N–H and O–H groups in total. The Morgan fingerprint density at radius 2 is 2.35 bits per heavy atom. The van der Waals surface area contributed by atoms with Crippen molar-refractivity contribution in [1.82, 2.24) is 4.90 Å². The quantitative estimate of drug-likeness (QED) is 0.805. The second kappa shape index (κ2) is 4.92. The predicted molar refractivity (Wildman–Crippen MR) is 71.3 cm³/mol. The molecule has 0 bridgehead atoms. The van der Waals surface area contributed by atoms with Gasteiger partial charge in [0.25, 0.3) is 0 Å². The second-order valence-corrected chi connectivity index (χ2v) is 4.96. The zero-order chi connectivity index (χ0) is 12.3. The average Bonchev–Trinajstić information content (AvgIpc) is 2.74. The maximum absolute atomic E-state index is 9.62. The molecule has 0 amide bonds. The first-order valence-corrected chi connectivity index (χ1v) is 6.33. The number of phenols is 1. The summed E-state index contributed by atoms with van der Waals surface area (Å²) in [6, 6.07) is 7.74. The predicted octanol–water partition coefficient (Wildman–Crippen LogP) is 2.93. The molecule has 92 valence electrons. The molecule has 1 heterocycles. The largest absolute Gasteiger partial charge is 0.508 e. The van der Waals surface area contributed by atoms with Crippen LogP contribution < -0.4 is 0 Å². The van der Waals surface area contributed by atoms with E-state index in [-0.39, 0.29) is 5.41 Å². The molecule has 1 aliphatic heterocycles. The lowest BCUT2D eigenvalue weighted by molar-refractivity contribution is 0.333. The molecule has 1 saturated heterocycles. The lowest BCUT2D eigenvalue weighted by Gasteiger charge is -2.28. The molecule has 0 aliphatic carbocycles. The van der Waals surface area contributed by atoms with E-state index in [9.17, 15) is 5.11 Å². The fraction of sp³-hybridized carbons (Fsp3) is 0.467. The van der Waals surface area contributed by atoms with Gasteiger partial charge in [-0.05, 0) is 37.1 Å². The third-order valence-electron chi connectivity index (χ3n) is 3.96. The topological polar surface area (TPSA) is 23.5 Å². The summed E-state index contributed by atoms with van der Waals surface area (Å²) in [6.45, 7) is 9.19. The molecule has 2 heteroatoms. The monoisotopic (exact) mass is 231 g/mol. The minimum absolute atomic E-state index is 0.210. The summed E-state index contributed by atoms with van der Waals surface area (Å²) < 4.78 is 0. The normalized spacial score (nSPS) is 25.0. The summed E-state index contributed by atoms with van der Waals surface area (Å²) in [6.07, 6.45) is 4.25. The fourth-order valence-corrected chi connectivity index (χ4v) is 2.86. The van der Waals surface area contributed by atoms with Crippen molar-refractivity contribution in [2.75, 3.05) is 19.6 Å². The molecule has 1 fully saturated rings. The van der Waals surface area contributed by atoms with Crippen LogP contribution in [0.3, 0.4) is 0 Å². The molecule has 17 heavy (non-hydrogen) atoms. The van der Waals surface area contributed by atoms with E-state index in [1.165, 1.54) is 12.0 Å². The zero-order valence-corrected chi connectivity index (χ0v) is 10.5. The number of benzene rings is 1. The van der Waals surface area contributed by atoms with Gasteiger partial charge in [-0.2, -0.15) is 0 Å². The van der Waals surface area contributed by atoms with Crippen molar-refractivity contribution in [2.45, 2.75) is 25.2 Å². The number of likely N-dealkylation sites (tertiary alicyclic amines) is 1. The van der Waals surface area contributed by atoms with Gasteiger partial charge in [-0.15, -0.1) is 6.58 Å². The maximum atomic E-state index is 9.62. The van der Waals surface area contributed by atoms with Crippen LogP contribution in [0.4, 0.5) is 0 Å². The molecular weight excluding hydrogens is 210 g/mol. The maximum Gasteiger partial charge on any atom is 0.115 e. The van der Waals surface area contributed by atoms with E-state index in [4.69, 9.17) is 0 Å². The molecule has 0 saturated carbocycles. The van der Waals surface area contributed by atoms with Gasteiger partial charge in [0.2, 0.25) is 0 Å². The summed E-state index contributed by atoms with van der Waals surface area (Å²) in [5.41, 5.74) is 1.48. The minimum atomic E-state index is 0.210. The summed E-state index contributed by atoms with van der Waals surface area (Å²) in [4.78, 5) is 2.43. The summed E-state index contributed by atoms with van der Waals surface area (Å²) in [5.74, 6) is 0.373. The van der Waals surface area contributed by atoms with Crippen LogP contribution >= 0.6 is 0 Å². The van der Waals surface area contributed by atoms with Crippen molar-refractivity contribution in [1.29, 1.82) is 0 Å². The van der Waals surface area contributed by atoms with Crippen molar-refractivity contribution in [3.05, 3.63) is 42.5 Å². The highest BCUT2D eigenvalue weighted by molar-refractivity contribution is 5.34. The Morgan fingerprint density at radius 3 is 3.00 bits per heavy atom. The first-order chi connectivity index (χ1) is 8.20. The molecule has 0 aromatic heterocycles. The van der Waals surface area contributed by atoms with Crippen LogP contribution in [0.15, 0.2) is 36.9 Å². The third-order valence-corrected chi connectivity index (χ3v) is 3.96. The Hall–Kier alpha value is -1.28. The number of nitrogens with zero attached hydrogens (tertiary/aromatic N) is 1. The first-order valence-electron chi connectivity index (χ1n) is 6.33. The average molecular weight is 231 g/mol. The minimum Gasteiger partial charge on any atom is -0.508 e. The van der Waals surface area contributed by atoms with Gasteiger partial charge in [-0.1, -0.05) is 25.1 Å². The van der Waals surface area contributed by atoms with Crippen LogP contribution in [0.1, 0.15) is 25.3 Å². The summed E-state index contributed by atoms with van der Waals surface area (Å²) >= 11 is 0.